The summed E-state index contributed by atoms with van der Waals surface area (Å²) in [7, 11) is 0. The molecule has 0 amide bonds. The Balaban J connectivity index is 2.06. The summed E-state index contributed by atoms with van der Waals surface area (Å²) in [5, 5.41) is 13.3. The van der Waals surface area contributed by atoms with Gasteiger partial charge < -0.3 is 10.4 Å². The van der Waals surface area contributed by atoms with E-state index < -0.39 is 0 Å². The number of nitrogens with one attached hydrogen (secondary N) is 1. The van der Waals surface area contributed by atoms with Crippen LogP contribution in [0.2, 0.25) is 0 Å². The zero-order chi connectivity index (χ0) is 13.1. The van der Waals surface area contributed by atoms with Crippen molar-refractivity contribution < 1.29 is 9.50 Å². The van der Waals surface area contributed by atoms with E-state index in [9.17, 15) is 9.50 Å². The van der Waals surface area contributed by atoms with Crippen LogP contribution in [0.1, 0.15) is 44.2 Å². The van der Waals surface area contributed by atoms with Crippen LogP contribution in [0, 0.1) is 5.82 Å². The lowest BCUT2D eigenvalue weighted by Gasteiger charge is -2.31. The van der Waals surface area contributed by atoms with Crippen molar-refractivity contribution in [3.63, 3.8) is 0 Å². The van der Waals surface area contributed by atoms with Crippen LogP contribution in [-0.2, 0) is 0 Å². The van der Waals surface area contributed by atoms with Crippen LogP contribution in [0.3, 0.4) is 0 Å². The average molecular weight is 316 g/mol. The minimum atomic E-state index is -0.309. The van der Waals surface area contributed by atoms with E-state index in [0.29, 0.717) is 5.56 Å². The van der Waals surface area contributed by atoms with Gasteiger partial charge in [0, 0.05) is 22.1 Å². The average Bonchev–Trinajstić information content (AvgIpc) is 2.35. The Morgan fingerprint density at radius 3 is 2.83 bits per heavy atom. The van der Waals surface area contributed by atoms with Crippen molar-refractivity contribution in [2.45, 2.75) is 50.8 Å². The molecule has 18 heavy (non-hydrogen) atoms. The molecular weight excluding hydrogens is 297 g/mol. The molecule has 0 heterocycles. The molecule has 0 spiro atoms. The molecule has 1 aromatic rings. The highest BCUT2D eigenvalue weighted by Crippen LogP contribution is 2.25. The first-order chi connectivity index (χ1) is 8.58. The summed E-state index contributed by atoms with van der Waals surface area (Å²) < 4.78 is 14.6. The van der Waals surface area contributed by atoms with Gasteiger partial charge in [0.2, 0.25) is 0 Å². The van der Waals surface area contributed by atoms with E-state index in [4.69, 9.17) is 0 Å². The molecule has 4 heteroatoms. The fraction of sp³-hybridized carbons (Fsp3) is 0.571. The van der Waals surface area contributed by atoms with E-state index in [-0.39, 0.29) is 24.0 Å². The Labute approximate surface area is 116 Å². The number of hydrogen-bond donors (Lipinski definition) is 2. The Kier molecular flexibility index (Phi) is 4.76. The van der Waals surface area contributed by atoms with Gasteiger partial charge in [-0.3, -0.25) is 0 Å². The Morgan fingerprint density at radius 1 is 1.39 bits per heavy atom. The van der Waals surface area contributed by atoms with Crippen molar-refractivity contribution >= 4 is 15.9 Å². The van der Waals surface area contributed by atoms with Crippen LogP contribution in [-0.4, -0.2) is 17.3 Å². The Bertz CT molecular complexity index is 413. The van der Waals surface area contributed by atoms with Crippen LogP contribution in [0.15, 0.2) is 22.7 Å². The predicted molar refractivity (Wildman–Crippen MR) is 73.9 cm³/mol. The molecular formula is C14H19BrFNO. The number of rotatable bonds is 3. The number of aliphatic hydroxyl groups is 1. The summed E-state index contributed by atoms with van der Waals surface area (Å²) in [4.78, 5) is 0. The summed E-state index contributed by atoms with van der Waals surface area (Å²) in [5.41, 5.74) is 0.641. The molecule has 1 aliphatic rings. The van der Waals surface area contributed by atoms with E-state index >= 15 is 0 Å². The zero-order valence-electron chi connectivity index (χ0n) is 10.5. The minimum Gasteiger partial charge on any atom is -0.392 e. The van der Waals surface area contributed by atoms with Gasteiger partial charge >= 0.3 is 0 Å². The van der Waals surface area contributed by atoms with Crippen LogP contribution in [0.4, 0.5) is 4.39 Å². The third-order valence-corrected chi connectivity index (χ3v) is 4.11. The summed E-state index contributed by atoms with van der Waals surface area (Å²) in [6.45, 7) is 1.94. The first-order valence-electron chi connectivity index (χ1n) is 6.47. The van der Waals surface area contributed by atoms with Gasteiger partial charge in [-0.2, -0.15) is 0 Å². The van der Waals surface area contributed by atoms with Gasteiger partial charge in [-0.1, -0.05) is 28.8 Å². The molecule has 0 bridgehead atoms. The second kappa shape index (κ2) is 6.13. The molecule has 1 fully saturated rings. The lowest BCUT2D eigenvalue weighted by molar-refractivity contribution is 0.0857. The van der Waals surface area contributed by atoms with E-state index in [1.54, 1.807) is 12.1 Å². The highest BCUT2D eigenvalue weighted by molar-refractivity contribution is 9.10. The Morgan fingerprint density at radius 2 is 2.11 bits per heavy atom. The molecule has 2 nitrogen and oxygen atoms in total. The third-order valence-electron chi connectivity index (χ3n) is 3.62. The van der Waals surface area contributed by atoms with Crippen molar-refractivity contribution in [2.24, 2.45) is 0 Å². The van der Waals surface area contributed by atoms with Crippen molar-refractivity contribution in [1.29, 1.82) is 0 Å². The van der Waals surface area contributed by atoms with Gasteiger partial charge in [0.1, 0.15) is 5.82 Å². The van der Waals surface area contributed by atoms with Gasteiger partial charge in [-0.15, -0.1) is 0 Å². The highest BCUT2D eigenvalue weighted by atomic mass is 79.9. The third kappa shape index (κ3) is 3.31. The topological polar surface area (TPSA) is 32.3 Å². The zero-order valence-corrected chi connectivity index (χ0v) is 12.1. The SMILES string of the molecule is CC(N[C@@H]1CCCC[C@H]1O)c1cc(Br)ccc1F. The quantitative estimate of drug-likeness (QED) is 0.894. The first kappa shape index (κ1) is 14.0. The smallest absolute Gasteiger partial charge is 0.128 e. The normalized spacial score (nSPS) is 26.0. The van der Waals surface area contributed by atoms with E-state index in [0.717, 1.165) is 30.2 Å². The fourth-order valence-corrected chi connectivity index (χ4v) is 2.94. The van der Waals surface area contributed by atoms with Crippen molar-refractivity contribution in [1.82, 2.24) is 5.32 Å². The largest absolute Gasteiger partial charge is 0.392 e. The fourth-order valence-electron chi connectivity index (χ4n) is 2.56. The lowest BCUT2D eigenvalue weighted by Crippen LogP contribution is -2.43. The molecule has 100 valence electrons. The van der Waals surface area contributed by atoms with Crippen molar-refractivity contribution in [3.8, 4) is 0 Å². The van der Waals surface area contributed by atoms with Gasteiger partial charge in [-0.05, 0) is 38.0 Å². The minimum absolute atomic E-state index is 0.0760. The number of hydrogen-bond acceptors (Lipinski definition) is 2. The summed E-state index contributed by atoms with van der Waals surface area (Å²) in [6, 6.07) is 4.94. The van der Waals surface area contributed by atoms with Crippen molar-refractivity contribution in [2.75, 3.05) is 0 Å². The molecule has 0 aromatic heterocycles. The summed E-state index contributed by atoms with van der Waals surface area (Å²) in [5.74, 6) is -0.205. The number of aliphatic hydroxyl groups excluding tert-OH is 1. The molecule has 3 atom stereocenters. The number of halogens is 2. The molecule has 2 rings (SSSR count). The molecule has 1 aromatic carbocycles. The van der Waals surface area contributed by atoms with Gasteiger partial charge in [0.25, 0.3) is 0 Å². The molecule has 1 aliphatic carbocycles. The van der Waals surface area contributed by atoms with Crippen LogP contribution >= 0.6 is 15.9 Å². The standard InChI is InChI=1S/C14H19BrFNO/c1-9(11-8-10(15)6-7-12(11)16)17-13-4-2-3-5-14(13)18/h6-9,13-14,17-18H,2-5H2,1H3/t9?,13-,14-/m1/s1. The van der Waals surface area contributed by atoms with Crippen molar-refractivity contribution in [3.05, 3.63) is 34.1 Å². The van der Waals surface area contributed by atoms with Crippen LogP contribution in [0.5, 0.6) is 0 Å². The summed E-state index contributed by atoms with van der Waals surface area (Å²) >= 11 is 3.36. The first-order valence-corrected chi connectivity index (χ1v) is 7.26. The van der Waals surface area contributed by atoms with Gasteiger partial charge in [-0.25, -0.2) is 4.39 Å². The highest BCUT2D eigenvalue weighted by Gasteiger charge is 2.25. The van der Waals surface area contributed by atoms with Crippen LogP contribution < -0.4 is 5.32 Å². The van der Waals surface area contributed by atoms with E-state index in [2.05, 4.69) is 21.2 Å². The number of benzene rings is 1. The van der Waals surface area contributed by atoms with Gasteiger partial charge in [0.15, 0.2) is 0 Å². The maximum absolute atomic E-state index is 13.7. The second-order valence-corrected chi connectivity index (χ2v) is 5.93. The molecule has 1 saturated carbocycles. The Hall–Kier alpha value is -0.450. The van der Waals surface area contributed by atoms with Crippen LogP contribution in [0.25, 0.3) is 0 Å². The summed E-state index contributed by atoms with van der Waals surface area (Å²) in [6.07, 6.45) is 3.70. The molecule has 0 saturated heterocycles. The molecule has 0 aliphatic heterocycles. The maximum Gasteiger partial charge on any atom is 0.128 e. The second-order valence-electron chi connectivity index (χ2n) is 5.01. The predicted octanol–water partition coefficient (Wildman–Crippen LogP) is 3.54. The monoisotopic (exact) mass is 315 g/mol. The lowest BCUT2D eigenvalue weighted by atomic mass is 9.91. The van der Waals surface area contributed by atoms with E-state index in [1.165, 1.54) is 6.07 Å². The van der Waals surface area contributed by atoms with E-state index in [1.807, 2.05) is 6.92 Å². The molecule has 2 N–H and O–H groups in total. The molecule has 0 radical (unpaired) electrons. The van der Waals surface area contributed by atoms with Gasteiger partial charge in [0.05, 0.1) is 6.10 Å². The maximum atomic E-state index is 13.7. The molecule has 1 unspecified atom stereocenters.